The normalized spacial score (nSPS) is 18.7. The summed E-state index contributed by atoms with van der Waals surface area (Å²) in [5.41, 5.74) is 0.378. The second kappa shape index (κ2) is 7.34. The summed E-state index contributed by atoms with van der Waals surface area (Å²) in [6, 6.07) is 1.75. The summed E-state index contributed by atoms with van der Waals surface area (Å²) in [4.78, 5) is 22.6. The Morgan fingerprint density at radius 3 is 2.87 bits per heavy atom. The zero-order chi connectivity index (χ0) is 17.0. The largest absolute Gasteiger partial charge is 0.444 e. The van der Waals surface area contributed by atoms with Crippen molar-refractivity contribution in [1.29, 1.82) is 0 Å². The standard InChI is InChI=1S/C16H25ClN4O2/c1-11-8-13(17)20-14(19-11)21-7-5-6-12(10-21)9-18-15(22)23-16(2,3)4/h8,12H,5-7,9-10H2,1-4H3,(H,18,22). The molecular formula is C16H25ClN4O2. The number of ether oxygens (including phenoxy) is 1. The van der Waals surface area contributed by atoms with Crippen molar-refractivity contribution in [2.75, 3.05) is 24.5 Å². The van der Waals surface area contributed by atoms with Gasteiger partial charge in [0.05, 0.1) is 0 Å². The molecule has 128 valence electrons. The maximum atomic E-state index is 11.8. The van der Waals surface area contributed by atoms with Crippen LogP contribution < -0.4 is 10.2 Å². The molecule has 0 aromatic carbocycles. The molecule has 1 unspecified atom stereocenters. The maximum absolute atomic E-state index is 11.8. The van der Waals surface area contributed by atoms with Gasteiger partial charge in [-0.2, -0.15) is 0 Å². The number of rotatable bonds is 3. The summed E-state index contributed by atoms with van der Waals surface area (Å²) >= 11 is 6.02. The van der Waals surface area contributed by atoms with Crippen LogP contribution in [0.3, 0.4) is 0 Å². The SMILES string of the molecule is Cc1cc(Cl)nc(N2CCCC(CNC(=O)OC(C)(C)C)C2)n1. The van der Waals surface area contributed by atoms with Crippen molar-refractivity contribution in [1.82, 2.24) is 15.3 Å². The van der Waals surface area contributed by atoms with Crippen molar-refractivity contribution in [3.05, 3.63) is 16.9 Å². The first-order valence-electron chi connectivity index (χ1n) is 7.96. The van der Waals surface area contributed by atoms with E-state index in [1.54, 1.807) is 6.07 Å². The van der Waals surface area contributed by atoms with Gasteiger partial charge < -0.3 is 15.0 Å². The lowest BCUT2D eigenvalue weighted by Gasteiger charge is -2.33. The van der Waals surface area contributed by atoms with Crippen LogP contribution in [0.1, 0.15) is 39.3 Å². The molecule has 2 rings (SSSR count). The number of aromatic nitrogens is 2. The van der Waals surface area contributed by atoms with Crippen LogP contribution in [0.5, 0.6) is 0 Å². The molecule has 6 nitrogen and oxygen atoms in total. The lowest BCUT2D eigenvalue weighted by atomic mass is 9.98. The molecule has 1 aliphatic heterocycles. The fraction of sp³-hybridized carbons (Fsp3) is 0.688. The third-order valence-corrected chi connectivity index (χ3v) is 3.74. The second-order valence-electron chi connectivity index (χ2n) is 6.97. The van der Waals surface area contributed by atoms with Crippen molar-refractivity contribution in [3.8, 4) is 0 Å². The average Bonchev–Trinajstić information content (AvgIpc) is 2.43. The summed E-state index contributed by atoms with van der Waals surface area (Å²) in [6.45, 7) is 9.76. The van der Waals surface area contributed by atoms with Crippen molar-refractivity contribution >= 4 is 23.6 Å². The van der Waals surface area contributed by atoms with Crippen molar-refractivity contribution in [3.63, 3.8) is 0 Å². The van der Waals surface area contributed by atoms with Gasteiger partial charge in [0.2, 0.25) is 5.95 Å². The highest BCUT2D eigenvalue weighted by atomic mass is 35.5. The summed E-state index contributed by atoms with van der Waals surface area (Å²) in [5.74, 6) is 1.01. The van der Waals surface area contributed by atoms with E-state index in [1.807, 2.05) is 27.7 Å². The fourth-order valence-electron chi connectivity index (χ4n) is 2.61. The van der Waals surface area contributed by atoms with E-state index in [4.69, 9.17) is 16.3 Å². The van der Waals surface area contributed by atoms with Crippen LogP contribution in [-0.2, 0) is 4.74 Å². The predicted molar refractivity (Wildman–Crippen MR) is 91.0 cm³/mol. The molecule has 0 saturated carbocycles. The Kier molecular flexibility index (Phi) is 5.68. The van der Waals surface area contributed by atoms with E-state index in [0.717, 1.165) is 31.6 Å². The monoisotopic (exact) mass is 340 g/mol. The quantitative estimate of drug-likeness (QED) is 0.856. The van der Waals surface area contributed by atoms with Gasteiger partial charge >= 0.3 is 6.09 Å². The van der Waals surface area contributed by atoms with Gasteiger partial charge in [0, 0.05) is 25.3 Å². The summed E-state index contributed by atoms with van der Waals surface area (Å²) in [7, 11) is 0. The molecule has 1 saturated heterocycles. The Bertz CT molecular complexity index is 539. The van der Waals surface area contributed by atoms with E-state index in [2.05, 4.69) is 20.2 Å². The van der Waals surface area contributed by atoms with Crippen molar-refractivity contribution in [2.45, 2.75) is 46.1 Å². The second-order valence-corrected chi connectivity index (χ2v) is 7.36. The number of aryl methyl sites for hydroxylation is 1. The van der Waals surface area contributed by atoms with Crippen LogP contribution in [0, 0.1) is 12.8 Å². The smallest absolute Gasteiger partial charge is 0.407 e. The Morgan fingerprint density at radius 2 is 2.22 bits per heavy atom. The molecule has 1 aromatic heterocycles. The Hall–Kier alpha value is -1.56. The van der Waals surface area contributed by atoms with E-state index in [0.29, 0.717) is 23.6 Å². The van der Waals surface area contributed by atoms with Crippen LogP contribution in [-0.4, -0.2) is 41.3 Å². The highest BCUT2D eigenvalue weighted by Crippen LogP contribution is 2.21. The maximum Gasteiger partial charge on any atom is 0.407 e. The highest BCUT2D eigenvalue weighted by molar-refractivity contribution is 6.29. The minimum Gasteiger partial charge on any atom is -0.444 e. The van der Waals surface area contributed by atoms with E-state index >= 15 is 0 Å². The summed E-state index contributed by atoms with van der Waals surface area (Å²) in [6.07, 6.45) is 1.73. The highest BCUT2D eigenvalue weighted by Gasteiger charge is 2.23. The first-order valence-corrected chi connectivity index (χ1v) is 8.34. The number of piperidine rings is 1. The Labute approximate surface area is 142 Å². The zero-order valence-electron chi connectivity index (χ0n) is 14.2. The minimum absolute atomic E-state index is 0.346. The lowest BCUT2D eigenvalue weighted by Crippen LogP contribution is -2.42. The third-order valence-electron chi connectivity index (χ3n) is 3.55. The molecule has 1 aromatic rings. The number of alkyl carbamates (subject to hydrolysis) is 1. The van der Waals surface area contributed by atoms with Gasteiger partial charge in [-0.15, -0.1) is 0 Å². The fourth-order valence-corrected chi connectivity index (χ4v) is 2.85. The van der Waals surface area contributed by atoms with Crippen LogP contribution in [0.15, 0.2) is 6.07 Å². The van der Waals surface area contributed by atoms with Gasteiger partial charge in [0.1, 0.15) is 10.8 Å². The topological polar surface area (TPSA) is 67.4 Å². The first-order chi connectivity index (χ1) is 10.7. The summed E-state index contributed by atoms with van der Waals surface area (Å²) in [5, 5.41) is 3.31. The zero-order valence-corrected chi connectivity index (χ0v) is 15.0. The molecule has 0 bridgehead atoms. The molecule has 1 amide bonds. The first kappa shape index (κ1) is 17.8. The molecule has 0 radical (unpaired) electrons. The predicted octanol–water partition coefficient (Wildman–Crippen LogP) is 3.18. The molecule has 0 aliphatic carbocycles. The van der Waals surface area contributed by atoms with E-state index < -0.39 is 5.60 Å². The van der Waals surface area contributed by atoms with Gasteiger partial charge in [-0.1, -0.05) is 11.6 Å². The molecule has 7 heteroatoms. The number of carbonyl (C=O) groups excluding carboxylic acids is 1. The van der Waals surface area contributed by atoms with E-state index in [-0.39, 0.29) is 6.09 Å². The number of nitrogens with one attached hydrogen (secondary N) is 1. The minimum atomic E-state index is -0.477. The molecule has 0 spiro atoms. The van der Waals surface area contributed by atoms with Gasteiger partial charge in [0.25, 0.3) is 0 Å². The number of hydrogen-bond donors (Lipinski definition) is 1. The molecule has 1 aliphatic rings. The lowest BCUT2D eigenvalue weighted by molar-refractivity contribution is 0.0517. The van der Waals surface area contributed by atoms with Crippen molar-refractivity contribution < 1.29 is 9.53 Å². The van der Waals surface area contributed by atoms with Gasteiger partial charge in [-0.25, -0.2) is 14.8 Å². The molecule has 23 heavy (non-hydrogen) atoms. The number of halogens is 1. The molecule has 2 heterocycles. The Balaban J connectivity index is 1.89. The number of amides is 1. The van der Waals surface area contributed by atoms with Crippen LogP contribution >= 0.6 is 11.6 Å². The number of anilines is 1. The average molecular weight is 341 g/mol. The molecule has 1 atom stereocenters. The number of hydrogen-bond acceptors (Lipinski definition) is 5. The van der Waals surface area contributed by atoms with Crippen LogP contribution in [0.4, 0.5) is 10.7 Å². The molecule has 1 N–H and O–H groups in total. The summed E-state index contributed by atoms with van der Waals surface area (Å²) < 4.78 is 5.27. The van der Waals surface area contributed by atoms with Crippen LogP contribution in [0.2, 0.25) is 5.15 Å². The van der Waals surface area contributed by atoms with Crippen molar-refractivity contribution in [2.24, 2.45) is 5.92 Å². The third kappa shape index (κ3) is 5.86. The van der Waals surface area contributed by atoms with Gasteiger partial charge in [0.15, 0.2) is 0 Å². The number of nitrogens with zero attached hydrogens (tertiary/aromatic N) is 3. The van der Waals surface area contributed by atoms with Gasteiger partial charge in [-0.05, 0) is 52.5 Å². The van der Waals surface area contributed by atoms with E-state index in [1.165, 1.54) is 0 Å². The van der Waals surface area contributed by atoms with Crippen LogP contribution in [0.25, 0.3) is 0 Å². The Morgan fingerprint density at radius 1 is 1.48 bits per heavy atom. The molecule has 1 fully saturated rings. The van der Waals surface area contributed by atoms with Gasteiger partial charge in [-0.3, -0.25) is 0 Å². The number of carbonyl (C=O) groups is 1. The molecular weight excluding hydrogens is 316 g/mol. The van der Waals surface area contributed by atoms with E-state index in [9.17, 15) is 4.79 Å².